The fourth-order valence-corrected chi connectivity index (χ4v) is 4.49. The van der Waals surface area contributed by atoms with E-state index >= 15 is 0 Å². The normalized spacial score (nSPS) is 10.7. The fourth-order valence-electron chi connectivity index (χ4n) is 2.94. The molecule has 2 heterocycles. The summed E-state index contributed by atoms with van der Waals surface area (Å²) in [7, 11) is 0. The number of amides is 1. The molecule has 0 aliphatic heterocycles. The quantitative estimate of drug-likeness (QED) is 0.426. The number of pyridine rings is 1. The van der Waals surface area contributed by atoms with Crippen molar-refractivity contribution in [3.8, 4) is 21.7 Å². The van der Waals surface area contributed by atoms with E-state index in [4.69, 9.17) is 23.2 Å². The van der Waals surface area contributed by atoms with Crippen molar-refractivity contribution in [1.29, 1.82) is 0 Å². The minimum atomic E-state index is -0.353. The molecular formula is C22H15Cl2N3O2S. The molecule has 150 valence electrons. The van der Waals surface area contributed by atoms with Gasteiger partial charge in [-0.3, -0.25) is 9.59 Å². The van der Waals surface area contributed by atoms with Gasteiger partial charge >= 0.3 is 0 Å². The Hall–Kier alpha value is -2.93. The minimum absolute atomic E-state index is 0.109. The molecule has 0 radical (unpaired) electrons. The number of anilines is 1. The molecule has 0 atom stereocenters. The number of hydrogen-bond acceptors (Lipinski definition) is 4. The third kappa shape index (κ3) is 4.31. The van der Waals surface area contributed by atoms with Gasteiger partial charge in [-0.1, -0.05) is 77.0 Å². The average Bonchev–Trinajstić information content (AvgIpc) is 3.13. The number of carbonyl (C=O) groups is 1. The summed E-state index contributed by atoms with van der Waals surface area (Å²) < 4.78 is 1.33. The van der Waals surface area contributed by atoms with Crippen molar-refractivity contribution in [2.24, 2.45) is 0 Å². The Labute approximate surface area is 186 Å². The van der Waals surface area contributed by atoms with Crippen LogP contribution in [0.3, 0.4) is 0 Å². The summed E-state index contributed by atoms with van der Waals surface area (Å²) in [5, 5.41) is 4.30. The molecule has 0 unspecified atom stereocenters. The second kappa shape index (κ2) is 8.83. The van der Waals surface area contributed by atoms with E-state index in [1.807, 2.05) is 36.4 Å². The van der Waals surface area contributed by atoms with Crippen molar-refractivity contribution >= 4 is 45.6 Å². The number of benzene rings is 2. The maximum Gasteiger partial charge on any atom is 0.250 e. The Morgan fingerprint density at radius 2 is 1.57 bits per heavy atom. The Balaban J connectivity index is 1.72. The van der Waals surface area contributed by atoms with Gasteiger partial charge in [-0.15, -0.1) is 0 Å². The number of nitrogens with one attached hydrogen (secondary N) is 1. The number of hydrogen-bond donors (Lipinski definition) is 1. The lowest BCUT2D eigenvalue weighted by Crippen LogP contribution is -2.26. The monoisotopic (exact) mass is 455 g/mol. The van der Waals surface area contributed by atoms with E-state index in [0.717, 1.165) is 16.0 Å². The highest BCUT2D eigenvalue weighted by Gasteiger charge is 2.19. The zero-order valence-electron chi connectivity index (χ0n) is 15.5. The fraction of sp³-hybridized carbons (Fsp3) is 0.0455. The van der Waals surface area contributed by atoms with Gasteiger partial charge in [0.05, 0.1) is 15.6 Å². The number of thiazole rings is 1. The zero-order valence-corrected chi connectivity index (χ0v) is 17.8. The van der Waals surface area contributed by atoms with Crippen LogP contribution in [0.25, 0.3) is 21.7 Å². The number of carbonyl (C=O) groups excluding carboxylic acids is 1. The first-order valence-corrected chi connectivity index (χ1v) is 10.6. The highest BCUT2D eigenvalue weighted by molar-refractivity contribution is 7.19. The Kier molecular flexibility index (Phi) is 5.99. The van der Waals surface area contributed by atoms with Crippen LogP contribution in [0.15, 0.2) is 77.7 Å². The van der Waals surface area contributed by atoms with Gasteiger partial charge in [0.15, 0.2) is 5.13 Å². The molecule has 4 rings (SSSR count). The van der Waals surface area contributed by atoms with Crippen LogP contribution < -0.4 is 10.9 Å². The minimum Gasteiger partial charge on any atom is -0.306 e. The molecule has 0 spiro atoms. The lowest BCUT2D eigenvalue weighted by molar-refractivity contribution is -0.116. The molecule has 2 aromatic heterocycles. The standard InChI is InChI=1S/C22H15Cl2N3O2S/c23-16-9-3-1-7-14(16)20-21(15-8-2-4-10-17(15)24)30-22(26-20)25-18(28)13-27-12-6-5-11-19(27)29/h1-12H,13H2,(H,25,26,28). The number of aromatic nitrogens is 2. The Bertz CT molecular complexity index is 1220. The van der Waals surface area contributed by atoms with E-state index in [0.29, 0.717) is 20.9 Å². The predicted octanol–water partition coefficient (Wildman–Crippen LogP) is 5.58. The van der Waals surface area contributed by atoms with Gasteiger partial charge in [-0.25, -0.2) is 4.98 Å². The van der Waals surface area contributed by atoms with Crippen molar-refractivity contribution in [3.05, 3.63) is 93.3 Å². The first-order chi connectivity index (χ1) is 14.5. The summed E-state index contributed by atoms with van der Waals surface area (Å²) in [6.07, 6.45) is 1.56. The molecule has 5 nitrogen and oxygen atoms in total. The van der Waals surface area contributed by atoms with E-state index in [1.165, 1.54) is 22.0 Å². The Morgan fingerprint density at radius 3 is 2.23 bits per heavy atom. The van der Waals surface area contributed by atoms with Gasteiger partial charge in [0.25, 0.3) is 5.56 Å². The molecule has 0 saturated heterocycles. The molecular weight excluding hydrogens is 441 g/mol. The second-order valence-electron chi connectivity index (χ2n) is 6.37. The van der Waals surface area contributed by atoms with Crippen LogP contribution in [-0.2, 0) is 11.3 Å². The van der Waals surface area contributed by atoms with E-state index in [2.05, 4.69) is 10.3 Å². The molecule has 8 heteroatoms. The third-order valence-corrected chi connectivity index (χ3v) is 6.00. The van der Waals surface area contributed by atoms with Crippen LogP contribution in [0.2, 0.25) is 10.0 Å². The molecule has 1 N–H and O–H groups in total. The van der Waals surface area contributed by atoms with Gasteiger partial charge in [0.1, 0.15) is 6.54 Å². The highest BCUT2D eigenvalue weighted by Crippen LogP contribution is 2.43. The lowest BCUT2D eigenvalue weighted by atomic mass is 10.1. The van der Waals surface area contributed by atoms with Gasteiger partial charge in [0.2, 0.25) is 5.91 Å². The maximum absolute atomic E-state index is 12.5. The maximum atomic E-state index is 12.5. The molecule has 0 aliphatic carbocycles. The van der Waals surface area contributed by atoms with Gasteiger partial charge in [-0.2, -0.15) is 0 Å². The molecule has 0 bridgehead atoms. The third-order valence-electron chi connectivity index (χ3n) is 4.33. The highest BCUT2D eigenvalue weighted by atomic mass is 35.5. The molecule has 4 aromatic rings. The molecule has 0 fully saturated rings. The van der Waals surface area contributed by atoms with E-state index < -0.39 is 0 Å². The summed E-state index contributed by atoms with van der Waals surface area (Å²) >= 11 is 14.1. The topological polar surface area (TPSA) is 64.0 Å². The molecule has 30 heavy (non-hydrogen) atoms. The molecule has 2 aromatic carbocycles. The summed E-state index contributed by atoms with van der Waals surface area (Å²) in [5.74, 6) is -0.353. The second-order valence-corrected chi connectivity index (χ2v) is 8.18. The number of rotatable bonds is 5. The van der Waals surface area contributed by atoms with Gasteiger partial charge in [0, 0.05) is 28.4 Å². The molecule has 0 aliphatic rings. The SMILES string of the molecule is O=C(Cn1ccccc1=O)Nc1nc(-c2ccccc2Cl)c(-c2ccccc2Cl)s1. The molecule has 1 amide bonds. The van der Waals surface area contributed by atoms with E-state index in [9.17, 15) is 9.59 Å². The largest absolute Gasteiger partial charge is 0.306 e. The smallest absolute Gasteiger partial charge is 0.250 e. The van der Waals surface area contributed by atoms with Crippen LogP contribution in [0.5, 0.6) is 0 Å². The van der Waals surface area contributed by atoms with Crippen LogP contribution >= 0.6 is 34.5 Å². The van der Waals surface area contributed by atoms with Crippen molar-refractivity contribution in [2.45, 2.75) is 6.54 Å². The van der Waals surface area contributed by atoms with Gasteiger partial charge in [-0.05, 0) is 18.2 Å². The predicted molar refractivity (Wildman–Crippen MR) is 122 cm³/mol. The first kappa shape index (κ1) is 20.3. The summed E-state index contributed by atoms with van der Waals surface area (Å²) in [5.41, 5.74) is 1.92. The van der Waals surface area contributed by atoms with Crippen LogP contribution in [0, 0.1) is 0 Å². The van der Waals surface area contributed by atoms with Gasteiger partial charge < -0.3 is 9.88 Å². The number of halogens is 2. The summed E-state index contributed by atoms with van der Waals surface area (Å²) in [6.45, 7) is -0.109. The lowest BCUT2D eigenvalue weighted by Gasteiger charge is -2.06. The summed E-state index contributed by atoms with van der Waals surface area (Å²) in [6, 6.07) is 19.5. The van der Waals surface area contributed by atoms with Crippen LogP contribution in [0.1, 0.15) is 0 Å². The summed E-state index contributed by atoms with van der Waals surface area (Å²) in [4.78, 5) is 29.8. The van der Waals surface area contributed by atoms with Crippen LogP contribution in [0.4, 0.5) is 5.13 Å². The number of nitrogens with zero attached hydrogens (tertiary/aromatic N) is 2. The average molecular weight is 456 g/mol. The molecule has 0 saturated carbocycles. The van der Waals surface area contributed by atoms with E-state index in [1.54, 1.807) is 30.5 Å². The Morgan fingerprint density at radius 1 is 0.933 bits per heavy atom. The van der Waals surface area contributed by atoms with Crippen LogP contribution in [-0.4, -0.2) is 15.5 Å². The zero-order chi connectivity index (χ0) is 21.1. The van der Waals surface area contributed by atoms with E-state index in [-0.39, 0.29) is 18.0 Å². The first-order valence-electron chi connectivity index (χ1n) is 8.99. The van der Waals surface area contributed by atoms with Crippen molar-refractivity contribution < 1.29 is 4.79 Å². The van der Waals surface area contributed by atoms with Crippen molar-refractivity contribution in [2.75, 3.05) is 5.32 Å². The van der Waals surface area contributed by atoms with Crippen molar-refractivity contribution in [1.82, 2.24) is 9.55 Å². The van der Waals surface area contributed by atoms with Crippen molar-refractivity contribution in [3.63, 3.8) is 0 Å².